The zero-order valence-corrected chi connectivity index (χ0v) is 13.6. The van der Waals surface area contributed by atoms with Crippen molar-refractivity contribution < 1.29 is 12.8 Å². The smallest absolute Gasteiger partial charge is 0.263 e. The van der Waals surface area contributed by atoms with Gasteiger partial charge in [-0.2, -0.15) is 5.26 Å². The molecular formula is C16H9ClFN3O2S. The highest BCUT2D eigenvalue weighted by Crippen LogP contribution is 2.34. The molecule has 0 unspecified atom stereocenters. The van der Waals surface area contributed by atoms with Crippen LogP contribution in [0.25, 0.3) is 11.3 Å². The summed E-state index contributed by atoms with van der Waals surface area (Å²) in [6.07, 6.45) is 2.58. The Morgan fingerprint density at radius 2 is 1.96 bits per heavy atom. The van der Waals surface area contributed by atoms with Gasteiger partial charge in [0.1, 0.15) is 21.9 Å². The number of nitrogens with zero attached hydrogens (tertiary/aromatic N) is 3. The molecule has 0 bridgehead atoms. The first kappa shape index (κ1) is 16.2. The molecule has 2 aromatic heterocycles. The summed E-state index contributed by atoms with van der Waals surface area (Å²) in [7, 11) is -4.15. The highest BCUT2D eigenvalue weighted by atomic mass is 35.5. The number of rotatable bonds is 3. The Morgan fingerprint density at radius 3 is 2.58 bits per heavy atom. The van der Waals surface area contributed by atoms with Gasteiger partial charge < -0.3 is 0 Å². The van der Waals surface area contributed by atoms with Crippen molar-refractivity contribution in [1.82, 2.24) is 8.96 Å². The summed E-state index contributed by atoms with van der Waals surface area (Å²) >= 11 is 6.08. The fourth-order valence-electron chi connectivity index (χ4n) is 2.24. The number of hydrogen-bond acceptors (Lipinski definition) is 4. The standard InChI is InChI=1S/C16H9ClFN3O2S/c17-16-11(9-19)8-15(13-5-1-2-6-14(13)18)21(16)24(22,23)12-4-3-7-20-10-12/h1-8,10H. The lowest BCUT2D eigenvalue weighted by Crippen LogP contribution is -2.15. The van der Waals surface area contributed by atoms with Crippen molar-refractivity contribution in [3.63, 3.8) is 0 Å². The summed E-state index contributed by atoms with van der Waals surface area (Å²) in [5.41, 5.74) is -0.0748. The highest BCUT2D eigenvalue weighted by molar-refractivity contribution is 7.90. The number of benzene rings is 1. The van der Waals surface area contributed by atoms with E-state index < -0.39 is 15.8 Å². The van der Waals surface area contributed by atoms with Crippen molar-refractivity contribution in [2.45, 2.75) is 4.90 Å². The number of aromatic nitrogens is 2. The van der Waals surface area contributed by atoms with Gasteiger partial charge >= 0.3 is 0 Å². The molecular weight excluding hydrogens is 353 g/mol. The molecule has 0 aliphatic heterocycles. The van der Waals surface area contributed by atoms with Gasteiger partial charge in [-0.25, -0.2) is 16.8 Å². The van der Waals surface area contributed by atoms with Crippen molar-refractivity contribution in [3.05, 3.63) is 71.4 Å². The molecule has 8 heteroatoms. The van der Waals surface area contributed by atoms with Crippen molar-refractivity contribution in [3.8, 4) is 17.3 Å². The number of pyridine rings is 1. The predicted molar refractivity (Wildman–Crippen MR) is 86.4 cm³/mol. The van der Waals surface area contributed by atoms with E-state index in [1.165, 1.54) is 42.6 Å². The molecule has 5 nitrogen and oxygen atoms in total. The van der Waals surface area contributed by atoms with Gasteiger partial charge in [0.2, 0.25) is 0 Å². The van der Waals surface area contributed by atoms with Gasteiger partial charge in [0.25, 0.3) is 10.0 Å². The highest BCUT2D eigenvalue weighted by Gasteiger charge is 2.27. The molecule has 0 atom stereocenters. The van der Waals surface area contributed by atoms with E-state index in [0.29, 0.717) is 0 Å². The molecule has 2 heterocycles. The van der Waals surface area contributed by atoms with Crippen LogP contribution in [0.3, 0.4) is 0 Å². The molecule has 0 radical (unpaired) electrons. The quantitative estimate of drug-likeness (QED) is 0.716. The largest absolute Gasteiger partial charge is 0.270 e. The summed E-state index contributed by atoms with van der Waals surface area (Å²) in [6, 6.07) is 11.5. The third kappa shape index (κ3) is 2.56. The zero-order chi connectivity index (χ0) is 17.3. The minimum atomic E-state index is -4.15. The van der Waals surface area contributed by atoms with Crippen LogP contribution in [0.1, 0.15) is 5.56 Å². The SMILES string of the molecule is N#Cc1cc(-c2ccccc2F)n(S(=O)(=O)c2cccnc2)c1Cl. The number of hydrogen-bond donors (Lipinski definition) is 0. The summed E-state index contributed by atoms with van der Waals surface area (Å²) in [4.78, 5) is 3.66. The first-order valence-corrected chi connectivity index (χ1v) is 8.50. The van der Waals surface area contributed by atoms with Gasteiger partial charge in [-0.1, -0.05) is 23.7 Å². The first-order valence-electron chi connectivity index (χ1n) is 6.68. The molecule has 1 aromatic carbocycles. The van der Waals surface area contributed by atoms with Crippen molar-refractivity contribution >= 4 is 21.6 Å². The third-order valence-electron chi connectivity index (χ3n) is 3.34. The Bertz CT molecular complexity index is 1060. The predicted octanol–water partition coefficient (Wildman–Crippen LogP) is 3.45. The molecule has 0 amide bonds. The second-order valence-electron chi connectivity index (χ2n) is 4.78. The van der Waals surface area contributed by atoms with E-state index in [9.17, 15) is 12.8 Å². The molecule has 3 rings (SSSR count). The maximum absolute atomic E-state index is 14.1. The molecule has 24 heavy (non-hydrogen) atoms. The Hall–Kier alpha value is -2.69. The van der Waals surface area contributed by atoms with E-state index in [-0.39, 0.29) is 26.9 Å². The van der Waals surface area contributed by atoms with E-state index in [1.54, 1.807) is 6.07 Å². The normalized spacial score (nSPS) is 11.2. The molecule has 0 aliphatic rings. The summed E-state index contributed by atoms with van der Waals surface area (Å²) in [5, 5.41) is 8.85. The van der Waals surface area contributed by atoms with Crippen LogP contribution in [0, 0.1) is 17.1 Å². The third-order valence-corrected chi connectivity index (χ3v) is 5.51. The van der Waals surface area contributed by atoms with Crippen LogP contribution in [0.15, 0.2) is 59.8 Å². The summed E-state index contributed by atoms with van der Waals surface area (Å²) in [5.74, 6) is -0.626. The van der Waals surface area contributed by atoms with Gasteiger partial charge in [0, 0.05) is 18.0 Å². The maximum Gasteiger partial charge on any atom is 0.270 e. The van der Waals surface area contributed by atoms with Gasteiger partial charge in [0.05, 0.1) is 11.3 Å². The number of nitriles is 1. The van der Waals surface area contributed by atoms with Crippen molar-refractivity contribution in [1.29, 1.82) is 5.26 Å². The Balaban J connectivity index is 2.35. The second kappa shape index (κ2) is 6.07. The Morgan fingerprint density at radius 1 is 1.21 bits per heavy atom. The Labute approximate surface area is 142 Å². The lowest BCUT2D eigenvalue weighted by Gasteiger charge is -2.12. The molecule has 0 spiro atoms. The molecule has 0 aliphatic carbocycles. The molecule has 0 N–H and O–H groups in total. The average Bonchev–Trinajstić information content (AvgIpc) is 2.93. The number of halogens is 2. The summed E-state index contributed by atoms with van der Waals surface area (Å²) < 4.78 is 40.7. The fraction of sp³-hybridized carbons (Fsp3) is 0. The van der Waals surface area contributed by atoms with Crippen LogP contribution in [0.2, 0.25) is 5.15 Å². The first-order chi connectivity index (χ1) is 11.5. The molecule has 0 fully saturated rings. The van der Waals surface area contributed by atoms with E-state index in [0.717, 1.165) is 10.2 Å². The second-order valence-corrected chi connectivity index (χ2v) is 6.93. The lowest BCUT2D eigenvalue weighted by molar-refractivity contribution is 0.587. The molecule has 0 saturated carbocycles. The zero-order valence-electron chi connectivity index (χ0n) is 12.0. The monoisotopic (exact) mass is 361 g/mol. The van der Waals surface area contributed by atoms with Crippen LogP contribution in [-0.4, -0.2) is 17.4 Å². The van der Waals surface area contributed by atoms with E-state index in [2.05, 4.69) is 4.98 Å². The van der Waals surface area contributed by atoms with Crippen LogP contribution in [0.5, 0.6) is 0 Å². The van der Waals surface area contributed by atoms with Crippen LogP contribution in [-0.2, 0) is 10.0 Å². The van der Waals surface area contributed by atoms with Crippen LogP contribution < -0.4 is 0 Å². The fourth-order valence-corrected chi connectivity index (χ4v) is 4.08. The van der Waals surface area contributed by atoms with Gasteiger partial charge in [-0.15, -0.1) is 0 Å². The Kier molecular flexibility index (Phi) is 4.09. The van der Waals surface area contributed by atoms with Gasteiger partial charge in [-0.05, 0) is 30.3 Å². The van der Waals surface area contributed by atoms with Crippen molar-refractivity contribution in [2.75, 3.05) is 0 Å². The lowest BCUT2D eigenvalue weighted by atomic mass is 10.1. The maximum atomic E-state index is 14.1. The van der Waals surface area contributed by atoms with E-state index in [4.69, 9.17) is 16.9 Å². The molecule has 120 valence electrons. The van der Waals surface area contributed by atoms with E-state index >= 15 is 0 Å². The van der Waals surface area contributed by atoms with Crippen molar-refractivity contribution in [2.24, 2.45) is 0 Å². The molecule has 3 aromatic rings. The van der Waals surface area contributed by atoms with Gasteiger partial charge in [-0.3, -0.25) is 4.98 Å². The van der Waals surface area contributed by atoms with Crippen LogP contribution >= 0.6 is 11.6 Å². The van der Waals surface area contributed by atoms with E-state index in [1.807, 2.05) is 6.07 Å². The van der Waals surface area contributed by atoms with Gasteiger partial charge in [0.15, 0.2) is 0 Å². The minimum Gasteiger partial charge on any atom is -0.263 e. The summed E-state index contributed by atoms with van der Waals surface area (Å²) in [6.45, 7) is 0. The topological polar surface area (TPSA) is 75.8 Å². The minimum absolute atomic E-state index is 0.0216. The average molecular weight is 362 g/mol. The molecule has 0 saturated heterocycles. The van der Waals surface area contributed by atoms with Crippen LogP contribution in [0.4, 0.5) is 4.39 Å².